The van der Waals surface area contributed by atoms with Gasteiger partial charge in [0.05, 0.1) is 0 Å². The van der Waals surface area contributed by atoms with Gasteiger partial charge in [-0.25, -0.2) is 9.59 Å². The Kier molecular flexibility index (Phi) is 9.04. The minimum atomic E-state index is -1.21. The Morgan fingerprint density at radius 1 is 1.42 bits per heavy atom. The molecule has 0 amide bonds. The van der Waals surface area contributed by atoms with Gasteiger partial charge in [-0.1, -0.05) is 43.7 Å². The SMILES string of the molecule is C/C=C/C=C/C(=O)O[C@@H]1CC/C=C\[C@H](O)[C@H](O)[C@@H](CCC)OC1=O. The molecule has 1 heterocycles. The van der Waals surface area contributed by atoms with Crippen LogP contribution in [-0.4, -0.2) is 46.6 Å². The molecule has 4 atom stereocenters. The number of aliphatic hydroxyl groups is 2. The number of rotatable bonds is 5. The van der Waals surface area contributed by atoms with Crippen molar-refractivity contribution >= 4 is 11.9 Å². The van der Waals surface area contributed by atoms with Crippen molar-refractivity contribution < 1.29 is 29.3 Å². The Hall–Kier alpha value is -1.92. The molecule has 0 aliphatic carbocycles. The Morgan fingerprint density at radius 2 is 2.17 bits per heavy atom. The lowest BCUT2D eigenvalue weighted by atomic mass is 10.0. The van der Waals surface area contributed by atoms with Gasteiger partial charge in [-0.15, -0.1) is 0 Å². The smallest absolute Gasteiger partial charge is 0.347 e. The molecule has 0 saturated heterocycles. The normalized spacial score (nSPS) is 30.2. The molecule has 0 radical (unpaired) electrons. The van der Waals surface area contributed by atoms with Crippen molar-refractivity contribution in [3.63, 3.8) is 0 Å². The number of esters is 2. The van der Waals surface area contributed by atoms with Crippen molar-refractivity contribution in [3.8, 4) is 0 Å². The summed E-state index contributed by atoms with van der Waals surface area (Å²) < 4.78 is 10.4. The first-order valence-electron chi connectivity index (χ1n) is 8.22. The molecule has 134 valence electrons. The number of carbonyl (C=O) groups excluding carboxylic acids is 2. The molecule has 1 rings (SSSR count). The van der Waals surface area contributed by atoms with E-state index in [0.29, 0.717) is 19.3 Å². The molecule has 1 aliphatic rings. The highest BCUT2D eigenvalue weighted by Crippen LogP contribution is 2.17. The van der Waals surface area contributed by atoms with Crippen LogP contribution in [0.4, 0.5) is 0 Å². The van der Waals surface area contributed by atoms with E-state index in [-0.39, 0.29) is 6.42 Å². The molecule has 0 unspecified atom stereocenters. The highest BCUT2D eigenvalue weighted by Gasteiger charge is 2.32. The fourth-order valence-electron chi connectivity index (χ4n) is 2.28. The van der Waals surface area contributed by atoms with Crippen molar-refractivity contribution in [3.05, 3.63) is 36.5 Å². The first kappa shape index (κ1) is 20.1. The minimum Gasteiger partial charge on any atom is -0.457 e. The molecular weight excluding hydrogens is 312 g/mol. The first-order valence-corrected chi connectivity index (χ1v) is 8.22. The maximum atomic E-state index is 12.3. The molecule has 0 bridgehead atoms. The van der Waals surface area contributed by atoms with Gasteiger partial charge in [0.1, 0.15) is 18.3 Å². The van der Waals surface area contributed by atoms with E-state index >= 15 is 0 Å². The van der Waals surface area contributed by atoms with Gasteiger partial charge >= 0.3 is 11.9 Å². The topological polar surface area (TPSA) is 93.1 Å². The number of cyclic esters (lactones) is 1. The quantitative estimate of drug-likeness (QED) is 0.344. The van der Waals surface area contributed by atoms with Crippen LogP contribution in [0, 0.1) is 0 Å². The van der Waals surface area contributed by atoms with Crippen LogP contribution < -0.4 is 0 Å². The second kappa shape index (κ2) is 10.8. The Bertz CT molecular complexity index is 494. The van der Waals surface area contributed by atoms with Crippen LogP contribution in [0.5, 0.6) is 0 Å². The molecule has 6 heteroatoms. The van der Waals surface area contributed by atoms with Gasteiger partial charge in [0.25, 0.3) is 0 Å². The average molecular weight is 338 g/mol. The predicted molar refractivity (Wildman–Crippen MR) is 89.0 cm³/mol. The van der Waals surface area contributed by atoms with E-state index in [9.17, 15) is 19.8 Å². The largest absolute Gasteiger partial charge is 0.457 e. The zero-order valence-corrected chi connectivity index (χ0v) is 14.1. The number of hydrogen-bond donors (Lipinski definition) is 2. The lowest BCUT2D eigenvalue weighted by Crippen LogP contribution is -2.42. The molecule has 0 saturated carbocycles. The summed E-state index contributed by atoms with van der Waals surface area (Å²) in [6, 6.07) is 0. The number of aliphatic hydroxyl groups excluding tert-OH is 2. The van der Waals surface area contributed by atoms with Crippen molar-refractivity contribution in [2.75, 3.05) is 0 Å². The second-order valence-corrected chi connectivity index (χ2v) is 5.56. The fraction of sp³-hybridized carbons (Fsp3) is 0.556. The van der Waals surface area contributed by atoms with Crippen LogP contribution in [-0.2, 0) is 19.1 Å². The number of allylic oxidation sites excluding steroid dienone is 4. The van der Waals surface area contributed by atoms with Crippen LogP contribution in [0.1, 0.15) is 39.5 Å². The standard InChI is InChI=1S/C18H26O6/c1-3-5-6-12-16(20)23-15-11-8-7-10-13(19)17(21)14(9-4-2)24-18(15)22/h3,5-7,10,12-15,17,19,21H,4,8-9,11H2,1-2H3/b5-3+,10-7-,12-6+/t13-,14+,15+,17-/m0/s1. The van der Waals surface area contributed by atoms with E-state index in [0.717, 1.165) is 0 Å². The number of hydrogen-bond acceptors (Lipinski definition) is 6. The Balaban J connectivity index is 2.84. The Morgan fingerprint density at radius 3 is 2.83 bits per heavy atom. The van der Waals surface area contributed by atoms with Gasteiger partial charge in [-0.2, -0.15) is 0 Å². The van der Waals surface area contributed by atoms with Gasteiger partial charge in [0.2, 0.25) is 0 Å². The summed E-state index contributed by atoms with van der Waals surface area (Å²) in [6.07, 6.45) is 6.83. The molecule has 0 aromatic carbocycles. The molecular formula is C18H26O6. The summed E-state index contributed by atoms with van der Waals surface area (Å²) in [7, 11) is 0. The lowest BCUT2D eigenvalue weighted by molar-refractivity contribution is -0.176. The summed E-state index contributed by atoms with van der Waals surface area (Å²) in [5, 5.41) is 20.0. The van der Waals surface area contributed by atoms with Crippen LogP contribution in [0.2, 0.25) is 0 Å². The lowest BCUT2D eigenvalue weighted by Gasteiger charge is -2.27. The van der Waals surface area contributed by atoms with Gasteiger partial charge in [0.15, 0.2) is 6.10 Å². The number of ether oxygens (including phenoxy) is 2. The highest BCUT2D eigenvalue weighted by molar-refractivity contribution is 5.85. The number of carbonyl (C=O) groups is 2. The third kappa shape index (κ3) is 6.68. The predicted octanol–water partition coefficient (Wildman–Crippen LogP) is 1.81. The van der Waals surface area contributed by atoms with E-state index in [4.69, 9.17) is 9.47 Å². The monoisotopic (exact) mass is 338 g/mol. The van der Waals surface area contributed by atoms with E-state index in [1.165, 1.54) is 18.2 Å². The van der Waals surface area contributed by atoms with Crippen LogP contribution in [0.3, 0.4) is 0 Å². The van der Waals surface area contributed by atoms with E-state index < -0.39 is 36.4 Å². The van der Waals surface area contributed by atoms with E-state index in [1.54, 1.807) is 18.2 Å². The van der Waals surface area contributed by atoms with Crippen LogP contribution in [0.25, 0.3) is 0 Å². The van der Waals surface area contributed by atoms with Crippen molar-refractivity contribution in [1.82, 2.24) is 0 Å². The van der Waals surface area contributed by atoms with E-state index in [1.807, 2.05) is 13.8 Å². The fourth-order valence-corrected chi connectivity index (χ4v) is 2.28. The van der Waals surface area contributed by atoms with Gasteiger partial charge < -0.3 is 19.7 Å². The summed E-state index contributed by atoms with van der Waals surface area (Å²) in [5.74, 6) is -1.34. The summed E-state index contributed by atoms with van der Waals surface area (Å²) in [5.41, 5.74) is 0. The molecule has 0 fully saturated rings. The summed E-state index contributed by atoms with van der Waals surface area (Å²) in [4.78, 5) is 24.0. The van der Waals surface area contributed by atoms with Crippen LogP contribution in [0.15, 0.2) is 36.5 Å². The summed E-state index contributed by atoms with van der Waals surface area (Å²) in [6.45, 7) is 3.69. The highest BCUT2D eigenvalue weighted by atomic mass is 16.6. The van der Waals surface area contributed by atoms with Gasteiger partial charge in [-0.05, 0) is 26.2 Å². The molecule has 1 aliphatic heterocycles. The minimum absolute atomic E-state index is 0.250. The van der Waals surface area contributed by atoms with Crippen LogP contribution >= 0.6 is 0 Å². The molecule has 2 N–H and O–H groups in total. The average Bonchev–Trinajstić information content (AvgIpc) is 2.55. The zero-order valence-electron chi connectivity index (χ0n) is 14.1. The van der Waals surface area contributed by atoms with Crippen molar-refractivity contribution in [2.45, 2.75) is 63.9 Å². The van der Waals surface area contributed by atoms with Crippen molar-refractivity contribution in [1.29, 1.82) is 0 Å². The second-order valence-electron chi connectivity index (χ2n) is 5.56. The van der Waals surface area contributed by atoms with Crippen molar-refractivity contribution in [2.24, 2.45) is 0 Å². The maximum Gasteiger partial charge on any atom is 0.347 e. The Labute approximate surface area is 142 Å². The molecule has 0 aromatic heterocycles. The van der Waals surface area contributed by atoms with Gasteiger partial charge in [0, 0.05) is 6.08 Å². The van der Waals surface area contributed by atoms with Gasteiger partial charge in [-0.3, -0.25) is 0 Å². The molecule has 6 nitrogen and oxygen atoms in total. The third-order valence-electron chi connectivity index (χ3n) is 3.56. The zero-order chi connectivity index (χ0) is 17.9. The first-order chi connectivity index (χ1) is 11.5. The van der Waals surface area contributed by atoms with E-state index in [2.05, 4.69) is 0 Å². The molecule has 24 heavy (non-hydrogen) atoms. The summed E-state index contributed by atoms with van der Waals surface area (Å²) >= 11 is 0. The third-order valence-corrected chi connectivity index (χ3v) is 3.56. The molecule has 0 spiro atoms. The molecule has 0 aromatic rings. The maximum absolute atomic E-state index is 12.3.